The summed E-state index contributed by atoms with van der Waals surface area (Å²) in [5.74, 6) is 0.512. The van der Waals surface area contributed by atoms with Crippen LogP contribution in [0.15, 0.2) is 24.3 Å². The lowest BCUT2D eigenvalue weighted by Crippen LogP contribution is -2.51. The van der Waals surface area contributed by atoms with E-state index in [0.29, 0.717) is 16.5 Å². The molecule has 1 fully saturated rings. The van der Waals surface area contributed by atoms with E-state index in [1.54, 1.807) is 24.3 Å². The Bertz CT molecular complexity index is 454. The van der Waals surface area contributed by atoms with Gasteiger partial charge in [-0.2, -0.15) is 0 Å². The van der Waals surface area contributed by atoms with E-state index in [4.69, 9.17) is 11.6 Å². The van der Waals surface area contributed by atoms with Crippen molar-refractivity contribution in [3.05, 3.63) is 34.9 Å². The fourth-order valence-corrected chi connectivity index (χ4v) is 2.68. The Labute approximate surface area is 126 Å². The van der Waals surface area contributed by atoms with Gasteiger partial charge in [0.2, 0.25) is 0 Å². The molecule has 3 nitrogen and oxygen atoms in total. The zero-order chi connectivity index (χ0) is 14.7. The van der Waals surface area contributed by atoms with Gasteiger partial charge in [-0.1, -0.05) is 25.4 Å². The quantitative estimate of drug-likeness (QED) is 0.833. The molecule has 0 N–H and O–H groups in total. The fraction of sp³-hybridized carbons (Fsp3) is 0.562. The first-order valence-corrected chi connectivity index (χ1v) is 7.62. The maximum absolute atomic E-state index is 12.6. The van der Waals surface area contributed by atoms with Gasteiger partial charge in [-0.05, 0) is 49.7 Å². The van der Waals surface area contributed by atoms with Gasteiger partial charge in [0, 0.05) is 30.2 Å². The molecular weight excluding hydrogens is 272 g/mol. The molecule has 0 spiro atoms. The van der Waals surface area contributed by atoms with E-state index in [1.807, 2.05) is 11.9 Å². The van der Waals surface area contributed by atoms with Crippen LogP contribution in [0.4, 0.5) is 0 Å². The Balaban J connectivity index is 2.07. The number of carbonyl (C=O) groups excluding carboxylic acids is 1. The Morgan fingerprint density at radius 2 is 1.90 bits per heavy atom. The summed E-state index contributed by atoms with van der Waals surface area (Å²) >= 11 is 5.87. The third kappa shape index (κ3) is 3.53. The average Bonchev–Trinajstić information content (AvgIpc) is 2.36. The van der Waals surface area contributed by atoms with E-state index in [-0.39, 0.29) is 11.9 Å². The molecule has 20 heavy (non-hydrogen) atoms. The van der Waals surface area contributed by atoms with Crippen molar-refractivity contribution in [1.82, 2.24) is 9.80 Å². The molecule has 1 aliphatic rings. The predicted molar refractivity (Wildman–Crippen MR) is 83.2 cm³/mol. The lowest BCUT2D eigenvalue weighted by Gasteiger charge is -2.39. The second kappa shape index (κ2) is 6.59. The monoisotopic (exact) mass is 294 g/mol. The van der Waals surface area contributed by atoms with Crippen LogP contribution in [0.5, 0.6) is 0 Å². The van der Waals surface area contributed by atoms with Crippen LogP contribution in [0.25, 0.3) is 0 Å². The SMILES string of the molecule is CC(C)[C@@H](CN1CCC1)N(C)C(=O)c1ccc(Cl)cc1. The molecule has 1 aliphatic heterocycles. The molecule has 1 heterocycles. The van der Waals surface area contributed by atoms with E-state index >= 15 is 0 Å². The van der Waals surface area contributed by atoms with Crippen LogP contribution in [0, 0.1) is 5.92 Å². The zero-order valence-corrected chi connectivity index (χ0v) is 13.2. The third-order valence-electron chi connectivity index (χ3n) is 4.07. The van der Waals surface area contributed by atoms with Crippen molar-refractivity contribution in [2.75, 3.05) is 26.7 Å². The smallest absolute Gasteiger partial charge is 0.253 e. The van der Waals surface area contributed by atoms with Crippen molar-refractivity contribution in [2.45, 2.75) is 26.3 Å². The van der Waals surface area contributed by atoms with Gasteiger partial charge in [0.25, 0.3) is 5.91 Å². The first-order chi connectivity index (χ1) is 9.49. The number of carbonyl (C=O) groups is 1. The summed E-state index contributed by atoms with van der Waals surface area (Å²) in [5.41, 5.74) is 0.700. The lowest BCUT2D eigenvalue weighted by molar-refractivity contribution is 0.0565. The first kappa shape index (κ1) is 15.3. The minimum absolute atomic E-state index is 0.0703. The van der Waals surface area contributed by atoms with Crippen LogP contribution in [-0.4, -0.2) is 48.4 Å². The molecule has 0 unspecified atom stereocenters. The van der Waals surface area contributed by atoms with Gasteiger partial charge in [0.05, 0.1) is 0 Å². The maximum atomic E-state index is 12.6. The average molecular weight is 295 g/mol. The number of amides is 1. The van der Waals surface area contributed by atoms with Crippen molar-refractivity contribution >= 4 is 17.5 Å². The number of likely N-dealkylation sites (N-methyl/N-ethyl adjacent to an activating group) is 1. The highest BCUT2D eigenvalue weighted by atomic mass is 35.5. The number of hydrogen-bond donors (Lipinski definition) is 0. The molecule has 0 aliphatic carbocycles. The normalized spacial score (nSPS) is 16.9. The molecular formula is C16H23ClN2O. The van der Waals surface area contributed by atoms with E-state index in [0.717, 1.165) is 19.6 Å². The zero-order valence-electron chi connectivity index (χ0n) is 12.5. The number of nitrogens with zero attached hydrogens (tertiary/aromatic N) is 2. The van der Waals surface area contributed by atoms with E-state index in [9.17, 15) is 4.79 Å². The van der Waals surface area contributed by atoms with Crippen LogP contribution < -0.4 is 0 Å². The molecule has 110 valence electrons. The summed E-state index contributed by atoms with van der Waals surface area (Å²) in [6, 6.07) is 7.37. The van der Waals surface area contributed by atoms with Gasteiger partial charge in [-0.15, -0.1) is 0 Å². The van der Waals surface area contributed by atoms with Crippen molar-refractivity contribution in [3.8, 4) is 0 Å². The highest BCUT2D eigenvalue weighted by Gasteiger charge is 2.27. The number of hydrogen-bond acceptors (Lipinski definition) is 2. The highest BCUT2D eigenvalue weighted by molar-refractivity contribution is 6.30. The largest absolute Gasteiger partial charge is 0.337 e. The van der Waals surface area contributed by atoms with Gasteiger partial charge in [0.1, 0.15) is 0 Å². The standard InChI is InChI=1S/C16H23ClN2O/c1-12(2)15(11-19-9-4-10-19)18(3)16(20)13-5-7-14(17)8-6-13/h5-8,12,15H,4,9-11H2,1-3H3/t15-/m1/s1. The van der Waals surface area contributed by atoms with Crippen molar-refractivity contribution in [2.24, 2.45) is 5.92 Å². The second-order valence-corrected chi connectivity index (χ2v) is 6.32. The molecule has 2 rings (SSSR count). The Kier molecular flexibility index (Phi) is 5.06. The summed E-state index contributed by atoms with van der Waals surface area (Å²) in [6.45, 7) is 7.64. The summed E-state index contributed by atoms with van der Waals surface area (Å²) in [6.07, 6.45) is 1.28. The molecule has 4 heteroatoms. The molecule has 0 radical (unpaired) electrons. The number of rotatable bonds is 5. The van der Waals surface area contributed by atoms with Gasteiger partial charge in [-0.25, -0.2) is 0 Å². The van der Waals surface area contributed by atoms with Crippen molar-refractivity contribution in [1.29, 1.82) is 0 Å². The van der Waals surface area contributed by atoms with Gasteiger partial charge >= 0.3 is 0 Å². The fourth-order valence-electron chi connectivity index (χ4n) is 2.56. The Morgan fingerprint density at radius 3 is 2.35 bits per heavy atom. The summed E-state index contributed by atoms with van der Waals surface area (Å²) in [7, 11) is 1.90. The Hall–Kier alpha value is -1.06. The second-order valence-electron chi connectivity index (χ2n) is 5.89. The van der Waals surface area contributed by atoms with Crippen molar-refractivity contribution in [3.63, 3.8) is 0 Å². The van der Waals surface area contributed by atoms with Crippen molar-refractivity contribution < 1.29 is 4.79 Å². The van der Waals surface area contributed by atoms with Crippen LogP contribution in [0.1, 0.15) is 30.6 Å². The van der Waals surface area contributed by atoms with E-state index in [1.165, 1.54) is 6.42 Å². The van der Waals surface area contributed by atoms with E-state index in [2.05, 4.69) is 18.7 Å². The van der Waals surface area contributed by atoms with E-state index < -0.39 is 0 Å². The van der Waals surface area contributed by atoms with Gasteiger partial charge in [0.15, 0.2) is 0 Å². The molecule has 1 atom stereocenters. The Morgan fingerprint density at radius 1 is 1.30 bits per heavy atom. The summed E-state index contributed by atoms with van der Waals surface area (Å²) in [4.78, 5) is 16.8. The molecule has 0 bridgehead atoms. The highest BCUT2D eigenvalue weighted by Crippen LogP contribution is 2.18. The number of halogens is 1. The molecule has 1 saturated heterocycles. The van der Waals surface area contributed by atoms with Gasteiger partial charge < -0.3 is 9.80 Å². The van der Waals surface area contributed by atoms with Crippen LogP contribution in [0.2, 0.25) is 5.02 Å². The van der Waals surface area contributed by atoms with Crippen LogP contribution >= 0.6 is 11.6 Å². The minimum Gasteiger partial charge on any atom is -0.337 e. The maximum Gasteiger partial charge on any atom is 0.253 e. The summed E-state index contributed by atoms with van der Waals surface area (Å²) in [5, 5.41) is 0.658. The lowest BCUT2D eigenvalue weighted by atomic mass is 10.00. The molecule has 0 aromatic heterocycles. The van der Waals surface area contributed by atoms with Crippen LogP contribution in [0.3, 0.4) is 0 Å². The molecule has 0 saturated carbocycles. The van der Waals surface area contributed by atoms with Crippen LogP contribution in [-0.2, 0) is 0 Å². The number of likely N-dealkylation sites (tertiary alicyclic amines) is 1. The molecule has 1 aromatic carbocycles. The van der Waals surface area contributed by atoms with Gasteiger partial charge in [-0.3, -0.25) is 4.79 Å². The summed E-state index contributed by atoms with van der Waals surface area (Å²) < 4.78 is 0. The number of benzene rings is 1. The first-order valence-electron chi connectivity index (χ1n) is 7.24. The minimum atomic E-state index is 0.0703. The molecule has 1 aromatic rings. The topological polar surface area (TPSA) is 23.6 Å². The predicted octanol–water partition coefficient (Wildman–Crippen LogP) is 3.14. The third-order valence-corrected chi connectivity index (χ3v) is 4.32. The molecule has 1 amide bonds.